The van der Waals surface area contributed by atoms with E-state index in [1.807, 2.05) is 30.5 Å². The van der Waals surface area contributed by atoms with E-state index >= 15 is 0 Å². The Morgan fingerprint density at radius 1 is 1.16 bits per heavy atom. The largest absolute Gasteiger partial charge is 0.481 e. The molecule has 0 spiro atoms. The van der Waals surface area contributed by atoms with Crippen LogP contribution < -0.4 is 4.74 Å². The van der Waals surface area contributed by atoms with E-state index in [0.29, 0.717) is 5.88 Å². The molecule has 2 aromatic heterocycles. The van der Waals surface area contributed by atoms with Crippen LogP contribution in [0.25, 0.3) is 0 Å². The van der Waals surface area contributed by atoms with Gasteiger partial charge >= 0.3 is 0 Å². The van der Waals surface area contributed by atoms with E-state index in [1.165, 1.54) is 5.56 Å². The molecule has 100 valence electrons. The predicted molar refractivity (Wildman–Crippen MR) is 75.1 cm³/mol. The fraction of sp³-hybridized carbons (Fsp3) is 0.333. The van der Waals surface area contributed by atoms with Crippen LogP contribution in [0.2, 0.25) is 0 Å². The summed E-state index contributed by atoms with van der Waals surface area (Å²) in [6.07, 6.45) is 4.57. The van der Waals surface area contributed by atoms with Gasteiger partial charge in [0.2, 0.25) is 5.88 Å². The molecule has 2 heterocycles. The maximum absolute atomic E-state index is 5.13. The van der Waals surface area contributed by atoms with Gasteiger partial charge in [-0.25, -0.2) is 4.98 Å². The van der Waals surface area contributed by atoms with Gasteiger partial charge in [0.05, 0.1) is 7.11 Å². The van der Waals surface area contributed by atoms with Gasteiger partial charge < -0.3 is 9.64 Å². The molecule has 0 aliphatic carbocycles. The minimum atomic E-state index is 0.663. The average molecular weight is 257 g/mol. The van der Waals surface area contributed by atoms with Crippen LogP contribution in [0.4, 0.5) is 0 Å². The van der Waals surface area contributed by atoms with Gasteiger partial charge in [0, 0.05) is 43.7 Å². The molecule has 0 aliphatic heterocycles. The van der Waals surface area contributed by atoms with Gasteiger partial charge in [-0.05, 0) is 30.8 Å². The number of methoxy groups -OCH3 is 1. The van der Waals surface area contributed by atoms with Crippen molar-refractivity contribution in [2.24, 2.45) is 0 Å². The molecule has 0 saturated carbocycles. The maximum Gasteiger partial charge on any atom is 0.213 e. The van der Waals surface area contributed by atoms with E-state index < -0.39 is 0 Å². The van der Waals surface area contributed by atoms with Crippen molar-refractivity contribution in [3.63, 3.8) is 0 Å². The highest BCUT2D eigenvalue weighted by Crippen LogP contribution is 2.10. The minimum Gasteiger partial charge on any atom is -0.481 e. The van der Waals surface area contributed by atoms with Crippen LogP contribution in [0.15, 0.2) is 42.7 Å². The van der Waals surface area contributed by atoms with Crippen molar-refractivity contribution in [2.45, 2.75) is 13.0 Å². The second-order valence-corrected chi connectivity index (χ2v) is 4.52. The first-order chi connectivity index (χ1) is 9.28. The molecule has 0 atom stereocenters. The number of rotatable bonds is 6. The Bertz CT molecular complexity index is 502. The summed E-state index contributed by atoms with van der Waals surface area (Å²) in [5, 5.41) is 0. The molecule has 0 saturated heterocycles. The second-order valence-electron chi connectivity index (χ2n) is 4.52. The summed E-state index contributed by atoms with van der Waals surface area (Å²) < 4.78 is 5.13. The van der Waals surface area contributed by atoms with Gasteiger partial charge in [0.15, 0.2) is 0 Å². The molecule has 4 nitrogen and oxygen atoms in total. The summed E-state index contributed by atoms with van der Waals surface area (Å²) in [5.74, 6) is 0.663. The number of nitrogens with zero attached hydrogens (tertiary/aromatic N) is 3. The summed E-state index contributed by atoms with van der Waals surface area (Å²) in [7, 11) is 3.74. The first-order valence-corrected chi connectivity index (χ1v) is 6.35. The molecule has 0 aliphatic rings. The molecule has 2 aromatic rings. The van der Waals surface area contributed by atoms with Crippen molar-refractivity contribution in [1.82, 2.24) is 14.9 Å². The molecule has 0 amide bonds. The third kappa shape index (κ3) is 4.34. The van der Waals surface area contributed by atoms with Crippen LogP contribution in [0.1, 0.15) is 11.3 Å². The Kier molecular flexibility index (Phi) is 4.86. The lowest BCUT2D eigenvalue weighted by molar-refractivity contribution is 0.328. The number of likely N-dealkylation sites (N-methyl/N-ethyl adjacent to an activating group) is 1. The Balaban J connectivity index is 1.85. The maximum atomic E-state index is 5.13. The number of hydrogen-bond acceptors (Lipinski definition) is 4. The van der Waals surface area contributed by atoms with Crippen molar-refractivity contribution < 1.29 is 4.74 Å². The number of hydrogen-bond donors (Lipinski definition) is 0. The third-order valence-electron chi connectivity index (χ3n) is 2.94. The summed E-state index contributed by atoms with van der Waals surface area (Å²) in [5.41, 5.74) is 2.33. The fourth-order valence-electron chi connectivity index (χ4n) is 1.90. The number of pyridine rings is 2. The Hall–Kier alpha value is -1.94. The van der Waals surface area contributed by atoms with Gasteiger partial charge in [0.25, 0.3) is 0 Å². The smallest absolute Gasteiger partial charge is 0.213 e. The predicted octanol–water partition coefficient (Wildman–Crippen LogP) is 2.16. The Labute approximate surface area is 114 Å². The highest BCUT2D eigenvalue weighted by atomic mass is 16.5. The van der Waals surface area contributed by atoms with Crippen LogP contribution in [-0.4, -0.2) is 35.6 Å². The second kappa shape index (κ2) is 6.85. The molecular weight excluding hydrogens is 238 g/mol. The molecule has 0 N–H and O–H groups in total. The highest BCUT2D eigenvalue weighted by Gasteiger charge is 2.03. The molecule has 0 radical (unpaired) electrons. The molecule has 19 heavy (non-hydrogen) atoms. The molecule has 2 rings (SSSR count). The zero-order chi connectivity index (χ0) is 13.5. The Morgan fingerprint density at radius 2 is 2.05 bits per heavy atom. The van der Waals surface area contributed by atoms with Crippen LogP contribution in [0.5, 0.6) is 5.88 Å². The van der Waals surface area contributed by atoms with E-state index in [2.05, 4.69) is 28.0 Å². The van der Waals surface area contributed by atoms with Gasteiger partial charge in [-0.3, -0.25) is 4.98 Å². The molecule has 0 unspecified atom stereocenters. The monoisotopic (exact) mass is 257 g/mol. The van der Waals surface area contributed by atoms with Crippen LogP contribution >= 0.6 is 0 Å². The van der Waals surface area contributed by atoms with Crippen LogP contribution in [-0.2, 0) is 13.0 Å². The SMILES string of the molecule is COc1cc(CN(C)CCc2ccccn2)ccn1. The first-order valence-electron chi connectivity index (χ1n) is 6.35. The summed E-state index contributed by atoms with van der Waals surface area (Å²) in [6.45, 7) is 1.85. The summed E-state index contributed by atoms with van der Waals surface area (Å²) >= 11 is 0. The fourth-order valence-corrected chi connectivity index (χ4v) is 1.90. The van der Waals surface area contributed by atoms with E-state index in [1.54, 1.807) is 13.3 Å². The zero-order valence-electron chi connectivity index (χ0n) is 11.4. The number of ether oxygens (including phenoxy) is 1. The lowest BCUT2D eigenvalue weighted by atomic mass is 10.2. The average Bonchev–Trinajstić information content (AvgIpc) is 2.46. The zero-order valence-corrected chi connectivity index (χ0v) is 11.4. The van der Waals surface area contributed by atoms with Crippen molar-refractivity contribution >= 4 is 0 Å². The van der Waals surface area contributed by atoms with E-state index in [9.17, 15) is 0 Å². The number of aromatic nitrogens is 2. The quantitative estimate of drug-likeness (QED) is 0.795. The molecule has 4 heteroatoms. The van der Waals surface area contributed by atoms with E-state index in [4.69, 9.17) is 4.74 Å². The highest BCUT2D eigenvalue weighted by molar-refractivity contribution is 5.20. The Morgan fingerprint density at radius 3 is 2.79 bits per heavy atom. The summed E-state index contributed by atoms with van der Waals surface area (Å²) in [6, 6.07) is 10.0. The molecular formula is C15H19N3O. The minimum absolute atomic E-state index is 0.663. The van der Waals surface area contributed by atoms with Crippen molar-refractivity contribution in [3.8, 4) is 5.88 Å². The van der Waals surface area contributed by atoms with E-state index in [0.717, 1.165) is 25.2 Å². The third-order valence-corrected chi connectivity index (χ3v) is 2.94. The lowest BCUT2D eigenvalue weighted by Crippen LogP contribution is -2.21. The van der Waals surface area contributed by atoms with Gasteiger partial charge in [-0.1, -0.05) is 6.07 Å². The van der Waals surface area contributed by atoms with Crippen LogP contribution in [0, 0.1) is 0 Å². The van der Waals surface area contributed by atoms with Crippen molar-refractivity contribution in [1.29, 1.82) is 0 Å². The van der Waals surface area contributed by atoms with Gasteiger partial charge in [0.1, 0.15) is 0 Å². The topological polar surface area (TPSA) is 38.2 Å². The van der Waals surface area contributed by atoms with Crippen molar-refractivity contribution in [3.05, 3.63) is 54.0 Å². The first kappa shape index (κ1) is 13.5. The molecule has 0 aromatic carbocycles. The lowest BCUT2D eigenvalue weighted by Gasteiger charge is -2.16. The normalized spacial score (nSPS) is 10.7. The van der Waals surface area contributed by atoms with Crippen molar-refractivity contribution in [2.75, 3.05) is 20.7 Å². The van der Waals surface area contributed by atoms with Gasteiger partial charge in [-0.15, -0.1) is 0 Å². The molecule has 0 fully saturated rings. The van der Waals surface area contributed by atoms with E-state index in [-0.39, 0.29) is 0 Å². The summed E-state index contributed by atoms with van der Waals surface area (Å²) in [4.78, 5) is 10.7. The van der Waals surface area contributed by atoms with Gasteiger partial charge in [-0.2, -0.15) is 0 Å². The van der Waals surface area contributed by atoms with Crippen LogP contribution in [0.3, 0.4) is 0 Å². The standard InChI is InChI=1S/C15H19N3O/c1-18(10-7-14-5-3-4-8-16-14)12-13-6-9-17-15(11-13)19-2/h3-6,8-9,11H,7,10,12H2,1-2H3. The molecule has 0 bridgehead atoms.